The van der Waals surface area contributed by atoms with Crippen LogP contribution in [0.2, 0.25) is 0 Å². The standard InChI is InChI=1S/C21H19N3O5S2/c1-21(2)14-10-7-11(15(14)30-17-16(21)31-20(27)22-17)13-12(10)18(25)23(19(13)26)8-3-5-9(6-4-8)24(28)29/h3-6,10-15H,7H2,1-2H3,(H,22,27)/t10-,11+,12?,13?,14?,15?/m0/s1. The highest BCUT2D eigenvalue weighted by Crippen LogP contribution is 2.69. The Bertz CT molecular complexity index is 1220. The molecule has 2 bridgehead atoms. The molecule has 2 amide bonds. The van der Waals surface area contributed by atoms with Gasteiger partial charge in [-0.1, -0.05) is 25.2 Å². The Kier molecular flexibility index (Phi) is 3.77. The molecule has 1 aromatic heterocycles. The fraction of sp³-hybridized carbons (Fsp3) is 0.476. The summed E-state index contributed by atoms with van der Waals surface area (Å²) in [6.45, 7) is 4.30. The lowest BCUT2D eigenvalue weighted by Gasteiger charge is -2.47. The third-order valence-electron chi connectivity index (χ3n) is 7.71. The number of hydrogen-bond donors (Lipinski definition) is 1. The normalized spacial score (nSPS) is 34.6. The van der Waals surface area contributed by atoms with Crippen molar-refractivity contribution in [2.75, 3.05) is 4.90 Å². The van der Waals surface area contributed by atoms with E-state index < -0.39 is 4.92 Å². The summed E-state index contributed by atoms with van der Waals surface area (Å²) < 4.78 is 0. The van der Waals surface area contributed by atoms with Gasteiger partial charge in [-0.3, -0.25) is 29.4 Å². The molecule has 1 N–H and O–H groups in total. The summed E-state index contributed by atoms with van der Waals surface area (Å²) >= 11 is 2.92. The van der Waals surface area contributed by atoms with Crippen molar-refractivity contribution in [2.24, 2.45) is 29.6 Å². The average Bonchev–Trinajstić information content (AvgIpc) is 3.43. The molecule has 4 unspecified atom stereocenters. The minimum Gasteiger partial charge on any atom is -0.307 e. The summed E-state index contributed by atoms with van der Waals surface area (Å²) in [4.78, 5) is 54.5. The maximum absolute atomic E-state index is 13.5. The first-order valence-electron chi connectivity index (χ1n) is 10.2. The zero-order valence-electron chi connectivity index (χ0n) is 16.7. The summed E-state index contributed by atoms with van der Waals surface area (Å²) in [7, 11) is 0. The van der Waals surface area contributed by atoms with Gasteiger partial charge in [0.15, 0.2) is 0 Å². The van der Waals surface area contributed by atoms with Gasteiger partial charge in [-0.05, 0) is 36.3 Å². The number of fused-ring (bicyclic) bond motifs is 9. The van der Waals surface area contributed by atoms with Crippen LogP contribution < -0.4 is 9.77 Å². The molecule has 2 aliphatic heterocycles. The van der Waals surface area contributed by atoms with E-state index in [0.29, 0.717) is 5.69 Å². The number of H-pyrrole nitrogens is 1. The van der Waals surface area contributed by atoms with Crippen molar-refractivity contribution in [3.8, 4) is 0 Å². The number of rotatable bonds is 2. The first-order chi connectivity index (χ1) is 14.7. The largest absolute Gasteiger partial charge is 0.307 e. The second-order valence-corrected chi connectivity index (χ2v) is 11.6. The fourth-order valence-corrected chi connectivity index (χ4v) is 9.78. The number of imide groups is 1. The van der Waals surface area contributed by atoms with Crippen LogP contribution in [0.4, 0.5) is 11.4 Å². The van der Waals surface area contributed by atoms with Crippen molar-refractivity contribution in [3.05, 3.63) is 48.9 Å². The number of nitrogens with one attached hydrogen (secondary N) is 1. The Hall–Kier alpha value is -2.46. The quantitative estimate of drug-likeness (QED) is 0.421. The van der Waals surface area contributed by atoms with E-state index in [1.165, 1.54) is 40.5 Å². The third kappa shape index (κ3) is 2.34. The molecular formula is C21H19N3O5S2. The molecule has 8 nitrogen and oxygen atoms in total. The Morgan fingerprint density at radius 2 is 1.74 bits per heavy atom. The smallest absolute Gasteiger partial charge is 0.305 e. The highest BCUT2D eigenvalue weighted by Gasteiger charge is 2.70. The Balaban J connectivity index is 1.38. The summed E-state index contributed by atoms with van der Waals surface area (Å²) in [6, 6.07) is 5.60. The zero-order chi connectivity index (χ0) is 21.8. The molecule has 2 aliphatic carbocycles. The van der Waals surface area contributed by atoms with Gasteiger partial charge in [0, 0.05) is 27.7 Å². The molecular weight excluding hydrogens is 438 g/mol. The number of amides is 2. The molecule has 0 spiro atoms. The first kappa shape index (κ1) is 19.2. The number of non-ortho nitro benzene ring substituents is 1. The van der Waals surface area contributed by atoms with Crippen molar-refractivity contribution in [1.29, 1.82) is 0 Å². The topological polar surface area (TPSA) is 113 Å². The van der Waals surface area contributed by atoms with Gasteiger partial charge in [0.25, 0.3) is 5.69 Å². The monoisotopic (exact) mass is 457 g/mol. The molecule has 6 rings (SSSR count). The van der Waals surface area contributed by atoms with Gasteiger partial charge >= 0.3 is 4.87 Å². The number of nitro groups is 1. The van der Waals surface area contributed by atoms with Crippen molar-refractivity contribution in [1.82, 2.24) is 4.98 Å². The molecule has 2 saturated carbocycles. The number of aromatic nitrogens is 1. The molecule has 31 heavy (non-hydrogen) atoms. The van der Waals surface area contributed by atoms with Gasteiger partial charge in [0.2, 0.25) is 11.8 Å². The molecule has 1 saturated heterocycles. The van der Waals surface area contributed by atoms with E-state index in [1.807, 2.05) is 0 Å². The van der Waals surface area contributed by atoms with Crippen LogP contribution in [0, 0.1) is 39.7 Å². The van der Waals surface area contributed by atoms with E-state index in [1.54, 1.807) is 11.8 Å². The Morgan fingerprint density at radius 3 is 2.39 bits per heavy atom. The van der Waals surface area contributed by atoms with Gasteiger partial charge in [0.05, 0.1) is 27.5 Å². The van der Waals surface area contributed by atoms with E-state index >= 15 is 0 Å². The predicted molar refractivity (Wildman–Crippen MR) is 115 cm³/mol. The number of carbonyl (C=O) groups is 2. The Labute approximate surface area is 185 Å². The summed E-state index contributed by atoms with van der Waals surface area (Å²) in [5.74, 6) is -0.708. The van der Waals surface area contributed by atoms with E-state index in [0.717, 1.165) is 16.3 Å². The van der Waals surface area contributed by atoms with Crippen molar-refractivity contribution in [2.45, 2.75) is 36.0 Å². The highest BCUT2D eigenvalue weighted by molar-refractivity contribution is 8.00. The van der Waals surface area contributed by atoms with Crippen LogP contribution in [0.3, 0.4) is 0 Å². The number of benzene rings is 1. The van der Waals surface area contributed by atoms with Crippen LogP contribution in [0.1, 0.15) is 25.1 Å². The molecule has 1 aromatic carbocycles. The van der Waals surface area contributed by atoms with Crippen LogP contribution >= 0.6 is 23.1 Å². The minimum atomic E-state index is -0.501. The number of carbonyl (C=O) groups excluding carboxylic acids is 2. The van der Waals surface area contributed by atoms with E-state index in [4.69, 9.17) is 0 Å². The van der Waals surface area contributed by atoms with Crippen LogP contribution in [-0.2, 0) is 15.0 Å². The van der Waals surface area contributed by atoms with Crippen LogP contribution in [0.15, 0.2) is 34.1 Å². The van der Waals surface area contributed by atoms with Gasteiger partial charge in [0.1, 0.15) is 0 Å². The second-order valence-electron chi connectivity index (χ2n) is 9.40. The maximum Gasteiger partial charge on any atom is 0.305 e. The number of thiazole rings is 1. The van der Waals surface area contributed by atoms with Gasteiger partial charge < -0.3 is 4.98 Å². The number of aromatic amines is 1. The van der Waals surface area contributed by atoms with Crippen molar-refractivity contribution < 1.29 is 14.5 Å². The lowest BCUT2D eigenvalue weighted by Crippen LogP contribution is -2.48. The maximum atomic E-state index is 13.5. The molecule has 0 radical (unpaired) electrons. The molecule has 160 valence electrons. The SMILES string of the molecule is CC1(C)c2sc(=O)[nH]c2SC2C1[C@H]1C[C@@H]2C2C(=O)N(c3ccc([N+](=O)[O-])cc3)C(=O)C21. The molecule has 4 aliphatic rings. The van der Waals surface area contributed by atoms with Crippen molar-refractivity contribution in [3.63, 3.8) is 0 Å². The van der Waals surface area contributed by atoms with Gasteiger partial charge in [-0.15, -0.1) is 11.8 Å². The number of thioether (sulfide) groups is 1. The average molecular weight is 458 g/mol. The summed E-state index contributed by atoms with van der Waals surface area (Å²) in [5.41, 5.74) is 0.0731. The minimum absolute atomic E-state index is 0.0606. The van der Waals surface area contributed by atoms with Gasteiger partial charge in [-0.25, -0.2) is 0 Å². The van der Waals surface area contributed by atoms with E-state index in [-0.39, 0.29) is 62.6 Å². The lowest BCUT2D eigenvalue weighted by atomic mass is 9.64. The number of hydrogen-bond acceptors (Lipinski definition) is 7. The van der Waals surface area contributed by atoms with E-state index in [2.05, 4.69) is 18.8 Å². The molecule has 3 heterocycles. The lowest BCUT2D eigenvalue weighted by molar-refractivity contribution is -0.384. The first-order valence-corrected chi connectivity index (χ1v) is 11.9. The van der Waals surface area contributed by atoms with Gasteiger partial charge in [-0.2, -0.15) is 0 Å². The molecule has 10 heteroatoms. The fourth-order valence-electron chi connectivity index (χ4n) is 6.63. The zero-order valence-corrected chi connectivity index (χ0v) is 18.4. The van der Waals surface area contributed by atoms with Crippen molar-refractivity contribution >= 4 is 46.3 Å². The molecule has 3 fully saturated rings. The van der Waals surface area contributed by atoms with Crippen LogP contribution in [0.5, 0.6) is 0 Å². The third-order valence-corrected chi connectivity index (χ3v) is 10.5. The highest BCUT2D eigenvalue weighted by atomic mass is 32.2. The number of anilines is 1. The predicted octanol–water partition coefficient (Wildman–Crippen LogP) is 3.17. The van der Waals surface area contributed by atoms with Crippen LogP contribution in [-0.4, -0.2) is 27.0 Å². The number of nitro benzene ring substituents is 1. The van der Waals surface area contributed by atoms with E-state index in [9.17, 15) is 24.5 Å². The summed E-state index contributed by atoms with van der Waals surface area (Å²) in [6.07, 6.45) is 0.853. The number of nitrogens with zero attached hydrogens (tertiary/aromatic N) is 2. The second kappa shape index (κ2) is 6.07. The molecule has 2 aromatic rings. The summed E-state index contributed by atoms with van der Waals surface area (Å²) in [5, 5.41) is 12.0. The van der Waals surface area contributed by atoms with Crippen LogP contribution in [0.25, 0.3) is 0 Å². The Morgan fingerprint density at radius 1 is 1.10 bits per heavy atom. The molecule has 6 atom stereocenters.